The molecule has 0 saturated heterocycles. The largest absolute Gasteiger partial charge is 0.375 e. The minimum atomic E-state index is -3.30. The zero-order valence-electron chi connectivity index (χ0n) is 11.1. The maximum Gasteiger partial charge on any atom is 0.180 e. The molecule has 0 aliphatic carbocycles. The summed E-state index contributed by atoms with van der Waals surface area (Å²) in [4.78, 5) is 0.308. The van der Waals surface area contributed by atoms with E-state index in [0.717, 1.165) is 5.56 Å². The van der Waals surface area contributed by atoms with Crippen molar-refractivity contribution in [3.05, 3.63) is 29.8 Å². The fraction of sp³-hybridized carbons (Fsp3) is 0.538. The quantitative estimate of drug-likeness (QED) is 0.885. The van der Waals surface area contributed by atoms with E-state index in [1.165, 1.54) is 0 Å². The third kappa shape index (κ3) is 4.76. The van der Waals surface area contributed by atoms with Gasteiger partial charge in [-0.1, -0.05) is 12.1 Å². The van der Waals surface area contributed by atoms with Crippen LogP contribution in [0.4, 0.5) is 0 Å². The van der Waals surface area contributed by atoms with Crippen molar-refractivity contribution < 1.29 is 13.2 Å². The van der Waals surface area contributed by atoms with Crippen molar-refractivity contribution in [2.45, 2.75) is 37.8 Å². The Hall–Kier alpha value is -0.910. The predicted octanol–water partition coefficient (Wildman–Crippen LogP) is 1.73. The SMILES string of the molecule is CC(C)(C)OCCS(=O)(=O)c1cccc(CN)c1. The second-order valence-electron chi connectivity index (χ2n) is 5.13. The molecule has 0 bridgehead atoms. The predicted molar refractivity (Wildman–Crippen MR) is 72.1 cm³/mol. The highest BCUT2D eigenvalue weighted by Gasteiger charge is 2.17. The van der Waals surface area contributed by atoms with E-state index in [4.69, 9.17) is 10.5 Å². The van der Waals surface area contributed by atoms with Crippen LogP contribution < -0.4 is 5.73 Å². The number of sulfone groups is 1. The van der Waals surface area contributed by atoms with Crippen LogP contribution in [0, 0.1) is 0 Å². The first-order chi connectivity index (χ1) is 8.24. The van der Waals surface area contributed by atoms with Crippen molar-refractivity contribution in [3.63, 3.8) is 0 Å². The second-order valence-corrected chi connectivity index (χ2v) is 7.24. The van der Waals surface area contributed by atoms with Crippen molar-refractivity contribution in [2.24, 2.45) is 5.73 Å². The Morgan fingerprint density at radius 2 is 1.94 bits per heavy atom. The molecule has 0 aliphatic heterocycles. The van der Waals surface area contributed by atoms with E-state index in [1.54, 1.807) is 18.2 Å². The van der Waals surface area contributed by atoms with Crippen LogP contribution in [0.15, 0.2) is 29.2 Å². The van der Waals surface area contributed by atoms with Gasteiger partial charge in [-0.05, 0) is 38.5 Å². The van der Waals surface area contributed by atoms with Crippen molar-refractivity contribution >= 4 is 9.84 Å². The highest BCUT2D eigenvalue weighted by molar-refractivity contribution is 7.91. The standard InChI is InChI=1S/C13H21NO3S/c1-13(2,3)17-7-8-18(15,16)12-6-4-5-11(9-12)10-14/h4-6,9H,7-8,10,14H2,1-3H3. The van der Waals surface area contributed by atoms with E-state index in [9.17, 15) is 8.42 Å². The molecule has 0 aromatic heterocycles. The summed E-state index contributed by atoms with van der Waals surface area (Å²) >= 11 is 0. The first kappa shape index (κ1) is 15.1. The van der Waals surface area contributed by atoms with Crippen molar-refractivity contribution in [2.75, 3.05) is 12.4 Å². The topological polar surface area (TPSA) is 69.4 Å². The molecule has 1 rings (SSSR count). The lowest BCUT2D eigenvalue weighted by atomic mass is 10.2. The van der Waals surface area contributed by atoms with Crippen LogP contribution in [-0.4, -0.2) is 26.4 Å². The van der Waals surface area contributed by atoms with Crippen molar-refractivity contribution in [1.82, 2.24) is 0 Å². The number of rotatable bonds is 5. The highest BCUT2D eigenvalue weighted by Crippen LogP contribution is 2.14. The Morgan fingerprint density at radius 1 is 1.28 bits per heavy atom. The number of ether oxygens (including phenoxy) is 1. The average molecular weight is 271 g/mol. The number of nitrogens with two attached hydrogens (primary N) is 1. The maximum absolute atomic E-state index is 12.1. The molecule has 4 nitrogen and oxygen atoms in total. The molecular formula is C13H21NO3S. The molecule has 0 radical (unpaired) electrons. The van der Waals surface area contributed by atoms with E-state index in [2.05, 4.69) is 0 Å². The number of benzene rings is 1. The zero-order valence-corrected chi connectivity index (χ0v) is 12.0. The van der Waals surface area contributed by atoms with Gasteiger partial charge in [0.1, 0.15) is 0 Å². The van der Waals surface area contributed by atoms with Crippen LogP contribution in [-0.2, 0) is 21.1 Å². The van der Waals surface area contributed by atoms with Gasteiger partial charge in [0.15, 0.2) is 9.84 Å². The molecule has 1 aromatic rings. The summed E-state index contributed by atoms with van der Waals surface area (Å²) in [6.45, 7) is 6.22. The smallest absolute Gasteiger partial charge is 0.180 e. The van der Waals surface area contributed by atoms with Crippen molar-refractivity contribution in [1.29, 1.82) is 0 Å². The first-order valence-corrected chi connectivity index (χ1v) is 7.55. The van der Waals surface area contributed by atoms with E-state index in [1.807, 2.05) is 26.8 Å². The molecular weight excluding hydrogens is 250 g/mol. The molecule has 0 unspecified atom stereocenters. The third-order valence-electron chi connectivity index (χ3n) is 2.38. The maximum atomic E-state index is 12.1. The van der Waals surface area contributed by atoms with Crippen LogP contribution >= 0.6 is 0 Å². The third-order valence-corrected chi connectivity index (χ3v) is 4.06. The monoisotopic (exact) mass is 271 g/mol. The Bertz CT molecular complexity index is 489. The van der Waals surface area contributed by atoms with Gasteiger partial charge in [-0.15, -0.1) is 0 Å². The molecule has 5 heteroatoms. The zero-order chi connectivity index (χ0) is 13.8. The Labute approximate surface area is 109 Å². The molecule has 0 saturated carbocycles. The summed E-state index contributed by atoms with van der Waals surface area (Å²) in [5.74, 6) is -0.0156. The van der Waals surface area contributed by atoms with E-state index >= 15 is 0 Å². The van der Waals surface area contributed by atoms with Crippen LogP contribution in [0.3, 0.4) is 0 Å². The fourth-order valence-electron chi connectivity index (χ4n) is 1.44. The average Bonchev–Trinajstić information content (AvgIpc) is 2.27. The van der Waals surface area contributed by atoms with Gasteiger partial charge >= 0.3 is 0 Å². The summed E-state index contributed by atoms with van der Waals surface area (Å²) < 4.78 is 29.6. The first-order valence-electron chi connectivity index (χ1n) is 5.90. The number of hydrogen-bond acceptors (Lipinski definition) is 4. The van der Waals surface area contributed by atoms with Gasteiger partial charge in [-0.25, -0.2) is 8.42 Å². The fourth-order valence-corrected chi connectivity index (χ4v) is 2.60. The molecule has 102 valence electrons. The van der Waals surface area contributed by atoms with Crippen LogP contribution in [0.25, 0.3) is 0 Å². The molecule has 0 atom stereocenters. The lowest BCUT2D eigenvalue weighted by Gasteiger charge is -2.19. The minimum absolute atomic E-state index is 0.0156. The molecule has 0 amide bonds. The summed E-state index contributed by atoms with van der Waals surface area (Å²) in [7, 11) is -3.30. The Balaban J connectivity index is 2.74. The van der Waals surface area contributed by atoms with Crippen molar-refractivity contribution in [3.8, 4) is 0 Å². The van der Waals surface area contributed by atoms with E-state index < -0.39 is 9.84 Å². The molecule has 0 spiro atoms. The summed E-state index contributed by atoms with van der Waals surface area (Å²) in [5, 5.41) is 0. The summed E-state index contributed by atoms with van der Waals surface area (Å²) in [6, 6.07) is 6.72. The van der Waals surface area contributed by atoms with E-state index in [-0.39, 0.29) is 18.0 Å². The normalized spacial score (nSPS) is 12.7. The van der Waals surface area contributed by atoms with Gasteiger partial charge < -0.3 is 10.5 Å². The molecule has 18 heavy (non-hydrogen) atoms. The van der Waals surface area contributed by atoms with Crippen LogP contribution in [0.5, 0.6) is 0 Å². The van der Waals surface area contributed by atoms with Gasteiger partial charge in [0, 0.05) is 6.54 Å². The molecule has 2 N–H and O–H groups in total. The van der Waals surface area contributed by atoms with Gasteiger partial charge in [0.2, 0.25) is 0 Å². The van der Waals surface area contributed by atoms with Crippen LogP contribution in [0.2, 0.25) is 0 Å². The van der Waals surface area contributed by atoms with Gasteiger partial charge in [0.05, 0.1) is 22.9 Å². The molecule has 0 aliphatic rings. The summed E-state index contributed by atoms with van der Waals surface area (Å²) in [5.41, 5.74) is 5.99. The Morgan fingerprint density at radius 3 is 2.50 bits per heavy atom. The summed E-state index contributed by atoms with van der Waals surface area (Å²) in [6.07, 6.45) is 0. The Kier molecular flexibility index (Phi) is 4.90. The highest BCUT2D eigenvalue weighted by atomic mass is 32.2. The number of hydrogen-bond donors (Lipinski definition) is 1. The molecule has 1 aromatic carbocycles. The molecule has 0 heterocycles. The lowest BCUT2D eigenvalue weighted by molar-refractivity contribution is 0.00644. The van der Waals surface area contributed by atoms with E-state index in [0.29, 0.717) is 11.4 Å². The van der Waals surface area contributed by atoms with Gasteiger partial charge in [-0.2, -0.15) is 0 Å². The molecule has 0 fully saturated rings. The van der Waals surface area contributed by atoms with Gasteiger partial charge in [-0.3, -0.25) is 0 Å². The van der Waals surface area contributed by atoms with Gasteiger partial charge in [0.25, 0.3) is 0 Å². The second kappa shape index (κ2) is 5.82. The lowest BCUT2D eigenvalue weighted by Crippen LogP contribution is -2.23. The minimum Gasteiger partial charge on any atom is -0.375 e. The van der Waals surface area contributed by atoms with Crippen LogP contribution in [0.1, 0.15) is 26.3 Å².